The topological polar surface area (TPSA) is 9.23 Å². The maximum atomic E-state index is 6.40. The van der Waals surface area contributed by atoms with Crippen LogP contribution in [0.25, 0.3) is 0 Å². The molecule has 1 aliphatic carbocycles. The molecule has 106 valence electrons. The van der Waals surface area contributed by atoms with Gasteiger partial charge in [-0.05, 0) is 48.4 Å². The molecule has 0 saturated carbocycles. The second kappa shape index (κ2) is 5.03. The first-order valence-corrected chi connectivity index (χ1v) is 10.2. The van der Waals surface area contributed by atoms with Crippen molar-refractivity contribution in [1.82, 2.24) is 0 Å². The molecule has 2 heteroatoms. The summed E-state index contributed by atoms with van der Waals surface area (Å²) in [6, 6.07) is 0. The van der Waals surface area contributed by atoms with Crippen molar-refractivity contribution in [3.8, 4) is 0 Å². The molecule has 18 heavy (non-hydrogen) atoms. The lowest BCUT2D eigenvalue weighted by Gasteiger charge is -2.40. The molecule has 0 bridgehead atoms. The smallest absolute Gasteiger partial charge is 0.250 e. The summed E-state index contributed by atoms with van der Waals surface area (Å²) in [5.41, 5.74) is 0.430. The summed E-state index contributed by atoms with van der Waals surface area (Å²) in [7, 11) is -1.63. The monoisotopic (exact) mass is 268 g/mol. The molecule has 0 spiro atoms. The normalized spacial score (nSPS) is 22.7. The van der Waals surface area contributed by atoms with Crippen LogP contribution >= 0.6 is 0 Å². The van der Waals surface area contributed by atoms with E-state index >= 15 is 0 Å². The molecule has 0 aliphatic heterocycles. The van der Waals surface area contributed by atoms with Crippen LogP contribution in [-0.2, 0) is 4.43 Å². The third kappa shape index (κ3) is 3.88. The first kappa shape index (κ1) is 15.8. The lowest BCUT2D eigenvalue weighted by molar-refractivity contribution is 0.204. The molecule has 1 nitrogen and oxygen atoms in total. The van der Waals surface area contributed by atoms with Crippen molar-refractivity contribution in [1.29, 1.82) is 0 Å². The molecular formula is C16H32OSi. The van der Waals surface area contributed by atoms with E-state index in [0.717, 1.165) is 12.3 Å². The van der Waals surface area contributed by atoms with E-state index in [4.69, 9.17) is 4.43 Å². The van der Waals surface area contributed by atoms with Crippen LogP contribution in [0.5, 0.6) is 0 Å². The predicted molar refractivity (Wildman–Crippen MR) is 83.2 cm³/mol. The largest absolute Gasteiger partial charge is 0.547 e. The molecule has 0 fully saturated rings. The Hall–Kier alpha value is -0.243. The average molecular weight is 269 g/mol. The van der Waals surface area contributed by atoms with Gasteiger partial charge in [-0.15, -0.1) is 0 Å². The summed E-state index contributed by atoms with van der Waals surface area (Å²) < 4.78 is 6.40. The van der Waals surface area contributed by atoms with Crippen LogP contribution in [0.1, 0.15) is 60.8 Å². The highest BCUT2D eigenvalue weighted by molar-refractivity contribution is 6.74. The third-order valence-corrected chi connectivity index (χ3v) is 9.17. The Bertz CT molecular complexity index is 315. The van der Waals surface area contributed by atoms with E-state index in [1.165, 1.54) is 18.6 Å². The van der Waals surface area contributed by atoms with E-state index in [1.54, 1.807) is 0 Å². The lowest BCUT2D eigenvalue weighted by Crippen LogP contribution is -2.40. The van der Waals surface area contributed by atoms with E-state index in [0.29, 0.717) is 10.5 Å². The van der Waals surface area contributed by atoms with Gasteiger partial charge in [-0.2, -0.15) is 0 Å². The minimum absolute atomic E-state index is 0.300. The van der Waals surface area contributed by atoms with Crippen molar-refractivity contribution in [3.63, 3.8) is 0 Å². The molecule has 1 rings (SSSR count). The molecular weight excluding hydrogens is 236 g/mol. The Kier molecular flexibility index (Phi) is 4.42. The lowest BCUT2D eigenvalue weighted by atomic mass is 9.74. The fourth-order valence-electron chi connectivity index (χ4n) is 2.17. The van der Waals surface area contributed by atoms with Crippen molar-refractivity contribution in [2.24, 2.45) is 11.3 Å². The zero-order valence-corrected chi connectivity index (χ0v) is 14.7. The van der Waals surface area contributed by atoms with E-state index in [-0.39, 0.29) is 0 Å². The van der Waals surface area contributed by atoms with Crippen LogP contribution in [0.4, 0.5) is 0 Å². The number of hydrogen-bond acceptors (Lipinski definition) is 1. The van der Waals surface area contributed by atoms with Gasteiger partial charge in [0.05, 0.1) is 5.76 Å². The number of hydrogen-bond donors (Lipinski definition) is 0. The fraction of sp³-hybridized carbons (Fsp3) is 0.875. The highest BCUT2D eigenvalue weighted by Gasteiger charge is 2.40. The standard InChI is InChI=1S/C16H32OSi/c1-15(2,3)13-9-11-14(12-10-13)17-18(7,8)16(4,5)6/h11,13H,9-10,12H2,1-8H3/t13-/m0/s1. The molecule has 0 unspecified atom stereocenters. The molecule has 0 heterocycles. The average Bonchev–Trinajstić information content (AvgIpc) is 2.14. The van der Waals surface area contributed by atoms with Crippen LogP contribution in [0, 0.1) is 11.3 Å². The highest BCUT2D eigenvalue weighted by Crippen LogP contribution is 2.42. The number of rotatable bonds is 2. The van der Waals surface area contributed by atoms with Crippen LogP contribution in [0.15, 0.2) is 11.8 Å². The van der Waals surface area contributed by atoms with Gasteiger partial charge in [0.15, 0.2) is 0 Å². The van der Waals surface area contributed by atoms with Gasteiger partial charge in [-0.3, -0.25) is 0 Å². The van der Waals surface area contributed by atoms with Crippen molar-refractivity contribution < 1.29 is 4.43 Å². The molecule has 1 aliphatic rings. The summed E-state index contributed by atoms with van der Waals surface area (Å²) >= 11 is 0. The van der Waals surface area contributed by atoms with Gasteiger partial charge in [0.1, 0.15) is 0 Å². The Balaban J connectivity index is 2.65. The van der Waals surface area contributed by atoms with Crippen molar-refractivity contribution in [2.45, 2.75) is 78.9 Å². The second-order valence-corrected chi connectivity index (χ2v) is 13.1. The van der Waals surface area contributed by atoms with Gasteiger partial charge >= 0.3 is 0 Å². The van der Waals surface area contributed by atoms with Crippen molar-refractivity contribution in [3.05, 3.63) is 11.8 Å². The van der Waals surface area contributed by atoms with Gasteiger partial charge in [0, 0.05) is 6.42 Å². The van der Waals surface area contributed by atoms with Crippen molar-refractivity contribution >= 4 is 8.32 Å². The summed E-state index contributed by atoms with van der Waals surface area (Å²) in [6.07, 6.45) is 5.96. The maximum absolute atomic E-state index is 6.40. The summed E-state index contributed by atoms with van der Waals surface area (Å²) in [5.74, 6) is 2.08. The summed E-state index contributed by atoms with van der Waals surface area (Å²) in [5, 5.41) is 0.300. The first-order valence-electron chi connectivity index (χ1n) is 7.31. The molecule has 0 aromatic carbocycles. The first-order chi connectivity index (χ1) is 7.93. The zero-order chi connectivity index (χ0) is 14.2. The highest BCUT2D eigenvalue weighted by atomic mass is 28.4. The van der Waals surface area contributed by atoms with Crippen LogP contribution < -0.4 is 0 Å². The van der Waals surface area contributed by atoms with E-state index < -0.39 is 8.32 Å². The Morgan fingerprint density at radius 2 is 1.67 bits per heavy atom. The molecule has 0 N–H and O–H groups in total. The molecule has 1 atom stereocenters. The maximum Gasteiger partial charge on any atom is 0.250 e. The Morgan fingerprint density at radius 3 is 2.00 bits per heavy atom. The van der Waals surface area contributed by atoms with Gasteiger partial charge < -0.3 is 4.43 Å². The van der Waals surface area contributed by atoms with E-state index in [1.807, 2.05) is 0 Å². The Morgan fingerprint density at radius 1 is 1.11 bits per heavy atom. The zero-order valence-electron chi connectivity index (χ0n) is 13.7. The van der Waals surface area contributed by atoms with Gasteiger partial charge in [0.25, 0.3) is 0 Å². The third-order valence-electron chi connectivity index (χ3n) is 4.79. The minimum atomic E-state index is -1.63. The summed E-state index contributed by atoms with van der Waals surface area (Å²) in [6.45, 7) is 18.6. The van der Waals surface area contributed by atoms with Crippen LogP contribution in [-0.4, -0.2) is 8.32 Å². The number of allylic oxidation sites excluding steroid dienone is 2. The van der Waals surface area contributed by atoms with Crippen molar-refractivity contribution in [2.75, 3.05) is 0 Å². The molecule has 0 aromatic heterocycles. The van der Waals surface area contributed by atoms with Gasteiger partial charge in [-0.25, -0.2) is 0 Å². The molecule has 0 saturated heterocycles. The van der Waals surface area contributed by atoms with Gasteiger partial charge in [-0.1, -0.05) is 41.5 Å². The molecule has 0 amide bonds. The minimum Gasteiger partial charge on any atom is -0.547 e. The fourth-order valence-corrected chi connectivity index (χ4v) is 3.32. The van der Waals surface area contributed by atoms with Crippen LogP contribution in [0.2, 0.25) is 18.1 Å². The Labute approximate surface area is 115 Å². The van der Waals surface area contributed by atoms with Gasteiger partial charge in [0.2, 0.25) is 8.32 Å². The van der Waals surface area contributed by atoms with Crippen LogP contribution in [0.3, 0.4) is 0 Å². The quantitative estimate of drug-likeness (QED) is 0.580. The summed E-state index contributed by atoms with van der Waals surface area (Å²) in [4.78, 5) is 0. The predicted octanol–water partition coefficient (Wildman–Crippen LogP) is 5.74. The SMILES string of the molecule is CC(C)(C)[C@H]1CC=C(O[Si](C)(C)C(C)(C)C)CC1. The second-order valence-electron chi connectivity index (χ2n) is 8.37. The van der Waals surface area contributed by atoms with E-state index in [2.05, 4.69) is 60.7 Å². The molecule has 0 aromatic rings. The molecule has 0 radical (unpaired) electrons. The van der Waals surface area contributed by atoms with E-state index in [9.17, 15) is 0 Å².